The van der Waals surface area contributed by atoms with Crippen LogP contribution >= 0.6 is 0 Å². The maximum atomic E-state index is 13.0. The zero-order chi connectivity index (χ0) is 16.3. The van der Waals surface area contributed by atoms with Crippen molar-refractivity contribution in [1.82, 2.24) is 9.55 Å². The minimum Gasteiger partial charge on any atom is -0.322 e. The Bertz CT molecular complexity index is 718. The van der Waals surface area contributed by atoms with Crippen LogP contribution in [0.25, 0.3) is 6.08 Å². The number of hydrogen-bond donors (Lipinski definition) is 0. The van der Waals surface area contributed by atoms with Gasteiger partial charge < -0.3 is 4.57 Å². The number of alkyl halides is 3. The zero-order valence-corrected chi connectivity index (χ0v) is 10.9. The van der Waals surface area contributed by atoms with Gasteiger partial charge in [-0.15, -0.1) is 0 Å². The lowest BCUT2D eigenvalue weighted by molar-refractivity contribution is -0.140. The Balaban J connectivity index is 2.16. The number of allylic oxidation sites excluding steroid dienone is 1. The molecule has 0 saturated heterocycles. The smallest absolute Gasteiger partial charge is 0.322 e. The van der Waals surface area contributed by atoms with E-state index in [1.165, 1.54) is 0 Å². The number of carbonyl (C=O) groups excluding carboxylic acids is 1. The standard InChI is InChI=1S/C14H9F5N2O/c15-10-2-1-9(7-11(10)16)12(22)3-4-13-20-5-6-21(13)8-14(17,18)19/h1-7H,8H2. The van der Waals surface area contributed by atoms with Crippen molar-refractivity contribution in [3.63, 3.8) is 0 Å². The summed E-state index contributed by atoms with van der Waals surface area (Å²) in [7, 11) is 0. The molecule has 0 N–H and O–H groups in total. The third-order valence-corrected chi connectivity index (χ3v) is 2.69. The van der Waals surface area contributed by atoms with Crippen molar-refractivity contribution in [2.45, 2.75) is 12.7 Å². The van der Waals surface area contributed by atoms with E-state index in [-0.39, 0.29) is 11.4 Å². The zero-order valence-electron chi connectivity index (χ0n) is 10.9. The summed E-state index contributed by atoms with van der Waals surface area (Å²) in [4.78, 5) is 15.5. The van der Waals surface area contributed by atoms with E-state index in [2.05, 4.69) is 4.98 Å². The molecule has 0 atom stereocenters. The van der Waals surface area contributed by atoms with Crippen LogP contribution in [0.5, 0.6) is 0 Å². The Morgan fingerprint density at radius 3 is 2.59 bits per heavy atom. The summed E-state index contributed by atoms with van der Waals surface area (Å²) < 4.78 is 63.6. The molecule has 0 radical (unpaired) electrons. The quantitative estimate of drug-likeness (QED) is 0.490. The van der Waals surface area contributed by atoms with Gasteiger partial charge in [-0.25, -0.2) is 13.8 Å². The molecule has 22 heavy (non-hydrogen) atoms. The van der Waals surface area contributed by atoms with Crippen molar-refractivity contribution in [3.8, 4) is 0 Å². The van der Waals surface area contributed by atoms with Gasteiger partial charge >= 0.3 is 6.18 Å². The number of benzene rings is 1. The summed E-state index contributed by atoms with van der Waals surface area (Å²) in [6.07, 6.45) is -0.118. The van der Waals surface area contributed by atoms with Gasteiger partial charge in [0.15, 0.2) is 17.4 Å². The van der Waals surface area contributed by atoms with Crippen LogP contribution < -0.4 is 0 Å². The molecule has 0 bridgehead atoms. The Morgan fingerprint density at radius 1 is 1.23 bits per heavy atom. The minimum atomic E-state index is -4.42. The number of imidazole rings is 1. The molecule has 1 aromatic heterocycles. The summed E-state index contributed by atoms with van der Waals surface area (Å²) in [5.41, 5.74) is -0.121. The molecule has 0 unspecified atom stereocenters. The normalized spacial score (nSPS) is 12.0. The van der Waals surface area contributed by atoms with Crippen molar-refractivity contribution in [3.05, 3.63) is 59.7 Å². The van der Waals surface area contributed by atoms with E-state index in [0.29, 0.717) is 6.07 Å². The molecular formula is C14H9F5N2O. The average molecular weight is 316 g/mol. The molecule has 0 aliphatic heterocycles. The molecular weight excluding hydrogens is 307 g/mol. The van der Waals surface area contributed by atoms with Crippen LogP contribution in [0.2, 0.25) is 0 Å². The highest BCUT2D eigenvalue weighted by Gasteiger charge is 2.28. The molecule has 0 aliphatic carbocycles. The van der Waals surface area contributed by atoms with Gasteiger partial charge in [0.1, 0.15) is 12.4 Å². The fourth-order valence-electron chi connectivity index (χ4n) is 1.70. The van der Waals surface area contributed by atoms with Crippen LogP contribution in [0.3, 0.4) is 0 Å². The number of carbonyl (C=O) groups is 1. The molecule has 1 heterocycles. The van der Waals surface area contributed by atoms with Crippen molar-refractivity contribution >= 4 is 11.9 Å². The SMILES string of the molecule is O=C(C=Cc1nccn1CC(F)(F)F)c1ccc(F)c(F)c1. The first-order valence-electron chi connectivity index (χ1n) is 6.01. The van der Waals surface area contributed by atoms with Crippen LogP contribution in [0.4, 0.5) is 22.0 Å². The van der Waals surface area contributed by atoms with Crippen molar-refractivity contribution < 1.29 is 26.7 Å². The lowest BCUT2D eigenvalue weighted by Gasteiger charge is -2.08. The Morgan fingerprint density at radius 2 is 1.95 bits per heavy atom. The highest BCUT2D eigenvalue weighted by molar-refractivity contribution is 6.06. The summed E-state index contributed by atoms with van der Waals surface area (Å²) in [6, 6.07) is 2.58. The number of nitrogens with zero attached hydrogens (tertiary/aromatic N) is 2. The van der Waals surface area contributed by atoms with Crippen LogP contribution in [-0.2, 0) is 6.54 Å². The highest BCUT2D eigenvalue weighted by Crippen LogP contribution is 2.18. The number of hydrogen-bond acceptors (Lipinski definition) is 2. The van der Waals surface area contributed by atoms with E-state index in [4.69, 9.17) is 0 Å². The maximum absolute atomic E-state index is 13.0. The van der Waals surface area contributed by atoms with Gasteiger partial charge in [-0.2, -0.15) is 13.2 Å². The van der Waals surface area contributed by atoms with Gasteiger partial charge in [0, 0.05) is 18.0 Å². The summed E-state index contributed by atoms with van der Waals surface area (Å²) in [5, 5.41) is 0. The monoisotopic (exact) mass is 316 g/mol. The summed E-state index contributed by atoms with van der Waals surface area (Å²) in [6.45, 7) is -1.24. The fraction of sp³-hybridized carbons (Fsp3) is 0.143. The van der Waals surface area contributed by atoms with E-state index in [1.807, 2.05) is 0 Å². The lowest BCUT2D eigenvalue weighted by atomic mass is 10.1. The maximum Gasteiger partial charge on any atom is 0.406 e. The van der Waals surface area contributed by atoms with Gasteiger partial charge in [0.05, 0.1) is 0 Å². The first-order chi connectivity index (χ1) is 10.3. The van der Waals surface area contributed by atoms with Crippen LogP contribution in [0, 0.1) is 11.6 Å². The second-order valence-electron chi connectivity index (χ2n) is 4.35. The molecule has 2 rings (SSSR count). The number of ketones is 1. The predicted molar refractivity (Wildman–Crippen MR) is 68.0 cm³/mol. The molecule has 0 fully saturated rings. The Labute approximate surface area is 121 Å². The molecule has 3 nitrogen and oxygen atoms in total. The molecule has 1 aromatic carbocycles. The Hall–Kier alpha value is -2.51. The van der Waals surface area contributed by atoms with E-state index in [0.717, 1.165) is 41.2 Å². The fourth-order valence-corrected chi connectivity index (χ4v) is 1.70. The van der Waals surface area contributed by atoms with E-state index in [1.54, 1.807) is 0 Å². The van der Waals surface area contributed by atoms with E-state index >= 15 is 0 Å². The molecule has 8 heteroatoms. The van der Waals surface area contributed by atoms with Gasteiger partial charge in [-0.3, -0.25) is 4.79 Å². The molecule has 116 valence electrons. The van der Waals surface area contributed by atoms with Gasteiger partial charge in [0.2, 0.25) is 0 Å². The van der Waals surface area contributed by atoms with Crippen LogP contribution in [0.15, 0.2) is 36.7 Å². The van der Waals surface area contributed by atoms with Crippen molar-refractivity contribution in [1.29, 1.82) is 0 Å². The average Bonchev–Trinajstić information content (AvgIpc) is 2.84. The third-order valence-electron chi connectivity index (χ3n) is 2.69. The summed E-state index contributed by atoms with van der Waals surface area (Å²) in [5.74, 6) is -3.03. The van der Waals surface area contributed by atoms with Gasteiger partial charge in [0.25, 0.3) is 0 Å². The summed E-state index contributed by atoms with van der Waals surface area (Å²) >= 11 is 0. The number of aromatic nitrogens is 2. The first-order valence-corrected chi connectivity index (χ1v) is 6.01. The van der Waals surface area contributed by atoms with Crippen molar-refractivity contribution in [2.24, 2.45) is 0 Å². The molecule has 0 amide bonds. The minimum absolute atomic E-state index is 0.0757. The lowest BCUT2D eigenvalue weighted by Crippen LogP contribution is -2.18. The predicted octanol–water partition coefficient (Wildman–Crippen LogP) is 3.62. The third kappa shape index (κ3) is 4.00. The highest BCUT2D eigenvalue weighted by atomic mass is 19.4. The first kappa shape index (κ1) is 15.9. The van der Waals surface area contributed by atoms with Gasteiger partial charge in [-0.1, -0.05) is 0 Å². The second-order valence-corrected chi connectivity index (χ2v) is 4.35. The molecule has 0 spiro atoms. The molecule has 0 aliphatic rings. The molecule has 0 saturated carbocycles. The van der Waals surface area contributed by atoms with E-state index in [9.17, 15) is 26.7 Å². The van der Waals surface area contributed by atoms with Crippen molar-refractivity contribution in [2.75, 3.05) is 0 Å². The van der Waals surface area contributed by atoms with E-state index < -0.39 is 30.1 Å². The van der Waals surface area contributed by atoms with Crippen LogP contribution in [-0.4, -0.2) is 21.5 Å². The second kappa shape index (κ2) is 6.08. The number of halogens is 5. The number of rotatable bonds is 4. The Kier molecular flexibility index (Phi) is 4.39. The van der Waals surface area contributed by atoms with Gasteiger partial charge in [-0.05, 0) is 30.4 Å². The largest absolute Gasteiger partial charge is 0.406 e. The molecule has 2 aromatic rings. The van der Waals surface area contributed by atoms with Crippen LogP contribution in [0.1, 0.15) is 16.2 Å². The topological polar surface area (TPSA) is 34.9 Å².